The summed E-state index contributed by atoms with van der Waals surface area (Å²) in [5, 5.41) is 0. The van der Waals surface area contributed by atoms with Crippen LogP contribution in [0.15, 0.2) is 12.3 Å². The number of hydrogen-bond acceptors (Lipinski definition) is 1. The second kappa shape index (κ2) is 7.33. The summed E-state index contributed by atoms with van der Waals surface area (Å²) >= 11 is 0. The van der Waals surface area contributed by atoms with Gasteiger partial charge in [-0.1, -0.05) is 39.3 Å². The molecule has 0 spiro atoms. The van der Waals surface area contributed by atoms with Crippen LogP contribution in [0.25, 0.3) is 0 Å². The Morgan fingerprint density at radius 2 is 1.92 bits per heavy atom. The van der Waals surface area contributed by atoms with Crippen LogP contribution in [0.1, 0.15) is 40.0 Å². The van der Waals surface area contributed by atoms with Gasteiger partial charge >= 0.3 is 0 Å². The Labute approximate surface area is 84.3 Å². The smallest absolute Gasteiger partial charge is 0.216 e. The lowest BCUT2D eigenvalue weighted by Gasteiger charge is -2.26. The van der Waals surface area contributed by atoms with Crippen LogP contribution < -0.4 is 0 Å². The molecule has 78 valence electrons. The zero-order chi connectivity index (χ0) is 10.2. The molecule has 0 aliphatic heterocycles. The molecule has 0 amide bonds. The molecule has 0 saturated heterocycles. The molecular formula is C11H24OSi. The van der Waals surface area contributed by atoms with Crippen molar-refractivity contribution in [1.29, 1.82) is 0 Å². The molecule has 0 heterocycles. The van der Waals surface area contributed by atoms with Crippen LogP contribution in [-0.4, -0.2) is 14.9 Å². The Bertz CT molecular complexity index is 126. The normalized spacial score (nSPS) is 15.3. The molecule has 2 heteroatoms. The average Bonchev–Trinajstić information content (AvgIpc) is 2.20. The Hall–Kier alpha value is -0.0831. The van der Waals surface area contributed by atoms with Gasteiger partial charge in [-0.3, -0.25) is 0 Å². The van der Waals surface area contributed by atoms with Crippen molar-refractivity contribution in [3.05, 3.63) is 12.3 Å². The Balaban J connectivity index is 4.04. The van der Waals surface area contributed by atoms with Crippen molar-refractivity contribution in [3.8, 4) is 0 Å². The van der Waals surface area contributed by atoms with Crippen molar-refractivity contribution in [1.82, 2.24) is 0 Å². The number of hydrogen-bond donors (Lipinski definition) is 0. The summed E-state index contributed by atoms with van der Waals surface area (Å²) in [5.41, 5.74) is 2.12. The van der Waals surface area contributed by atoms with Gasteiger partial charge < -0.3 is 4.43 Å². The van der Waals surface area contributed by atoms with E-state index in [-0.39, 0.29) is 0 Å². The van der Waals surface area contributed by atoms with Gasteiger partial charge in [0.15, 0.2) is 0 Å². The number of unbranched alkanes of at least 4 members (excludes halogenated alkanes) is 1. The van der Waals surface area contributed by atoms with E-state index in [2.05, 4.69) is 33.0 Å². The van der Waals surface area contributed by atoms with Gasteiger partial charge in [0.25, 0.3) is 0 Å². The molecule has 0 bridgehead atoms. The van der Waals surface area contributed by atoms with Crippen molar-refractivity contribution in [2.45, 2.75) is 52.1 Å². The summed E-state index contributed by atoms with van der Waals surface area (Å²) < 4.78 is 6.00. The molecule has 0 saturated carbocycles. The lowest BCUT2D eigenvalue weighted by molar-refractivity contribution is 0.305. The van der Waals surface area contributed by atoms with Crippen LogP contribution in [0.3, 0.4) is 0 Å². The first-order chi connectivity index (χ1) is 6.24. The largest absolute Gasteiger partial charge is 0.413 e. The molecule has 0 aromatic heterocycles. The highest BCUT2D eigenvalue weighted by atomic mass is 28.4. The topological polar surface area (TPSA) is 9.23 Å². The molecule has 0 aromatic rings. The summed E-state index contributed by atoms with van der Waals surface area (Å²) in [6, 6.07) is 2.43. The van der Waals surface area contributed by atoms with E-state index in [0.29, 0.717) is 0 Å². The lowest BCUT2D eigenvalue weighted by atomic mass is 10.4. The van der Waals surface area contributed by atoms with Crippen LogP contribution in [0.5, 0.6) is 0 Å². The van der Waals surface area contributed by atoms with E-state index >= 15 is 0 Å². The standard InChI is InChI=1S/C11H24OSi/c1-5-9-11-13(7-3,8-4)12-10-6-2/h7H,3,5-6,8-11H2,1-2,4H3. The van der Waals surface area contributed by atoms with Crippen LogP contribution in [0, 0.1) is 0 Å². The van der Waals surface area contributed by atoms with E-state index in [0.717, 1.165) is 13.0 Å². The van der Waals surface area contributed by atoms with E-state index in [1.54, 1.807) is 0 Å². The fourth-order valence-electron chi connectivity index (χ4n) is 1.44. The van der Waals surface area contributed by atoms with E-state index in [1.807, 2.05) is 0 Å². The average molecular weight is 200 g/mol. The van der Waals surface area contributed by atoms with Gasteiger partial charge in [-0.05, 0) is 18.5 Å². The van der Waals surface area contributed by atoms with Gasteiger partial charge in [0, 0.05) is 6.61 Å². The first-order valence-corrected chi connectivity index (χ1v) is 7.92. The van der Waals surface area contributed by atoms with Crippen molar-refractivity contribution in [2.75, 3.05) is 6.61 Å². The third kappa shape index (κ3) is 4.63. The summed E-state index contributed by atoms with van der Waals surface area (Å²) in [5.74, 6) is 0. The molecular weight excluding hydrogens is 176 g/mol. The van der Waals surface area contributed by atoms with Crippen LogP contribution >= 0.6 is 0 Å². The Kier molecular flexibility index (Phi) is 7.29. The van der Waals surface area contributed by atoms with Gasteiger partial charge in [0.2, 0.25) is 8.32 Å². The zero-order valence-corrected chi connectivity index (χ0v) is 10.4. The van der Waals surface area contributed by atoms with E-state index < -0.39 is 8.32 Å². The van der Waals surface area contributed by atoms with Gasteiger partial charge in [-0.2, -0.15) is 0 Å². The highest BCUT2D eigenvalue weighted by molar-refractivity contribution is 6.78. The van der Waals surface area contributed by atoms with Crippen LogP contribution in [-0.2, 0) is 4.43 Å². The number of rotatable bonds is 8. The summed E-state index contributed by atoms with van der Waals surface area (Å²) in [6.45, 7) is 11.5. The molecule has 1 atom stereocenters. The molecule has 0 aliphatic rings. The molecule has 1 unspecified atom stereocenters. The maximum atomic E-state index is 6.00. The van der Waals surface area contributed by atoms with Crippen LogP contribution in [0.4, 0.5) is 0 Å². The maximum absolute atomic E-state index is 6.00. The Morgan fingerprint density at radius 3 is 2.31 bits per heavy atom. The van der Waals surface area contributed by atoms with Gasteiger partial charge in [0.1, 0.15) is 0 Å². The zero-order valence-electron chi connectivity index (χ0n) is 9.44. The molecule has 0 aliphatic carbocycles. The van der Waals surface area contributed by atoms with E-state index in [1.165, 1.54) is 24.9 Å². The first kappa shape index (κ1) is 12.9. The molecule has 0 fully saturated rings. The van der Waals surface area contributed by atoms with Gasteiger partial charge in [0.05, 0.1) is 0 Å². The minimum absolute atomic E-state index is 0.912. The summed E-state index contributed by atoms with van der Waals surface area (Å²) in [4.78, 5) is 0. The maximum Gasteiger partial charge on any atom is 0.216 e. The molecule has 0 aromatic carbocycles. The predicted molar refractivity (Wildman–Crippen MR) is 62.4 cm³/mol. The molecule has 0 radical (unpaired) electrons. The minimum Gasteiger partial charge on any atom is -0.413 e. The second-order valence-electron chi connectivity index (χ2n) is 3.57. The van der Waals surface area contributed by atoms with Gasteiger partial charge in [-0.25, -0.2) is 0 Å². The SMILES string of the molecule is C=C[Si](CC)(CCCC)OCCC. The first-order valence-electron chi connectivity index (χ1n) is 5.52. The minimum atomic E-state index is -1.52. The van der Waals surface area contributed by atoms with Gasteiger partial charge in [-0.15, -0.1) is 6.58 Å². The predicted octanol–water partition coefficient (Wildman–Crippen LogP) is 3.90. The second-order valence-corrected chi connectivity index (χ2v) is 7.61. The third-order valence-corrected chi connectivity index (χ3v) is 6.44. The lowest BCUT2D eigenvalue weighted by Crippen LogP contribution is -2.35. The van der Waals surface area contributed by atoms with Crippen molar-refractivity contribution >= 4 is 8.32 Å². The molecule has 0 N–H and O–H groups in total. The van der Waals surface area contributed by atoms with E-state index in [4.69, 9.17) is 4.43 Å². The van der Waals surface area contributed by atoms with E-state index in [9.17, 15) is 0 Å². The van der Waals surface area contributed by atoms with Crippen LogP contribution in [0.2, 0.25) is 12.1 Å². The van der Waals surface area contributed by atoms with Crippen molar-refractivity contribution < 1.29 is 4.43 Å². The fraction of sp³-hybridized carbons (Fsp3) is 0.818. The highest BCUT2D eigenvalue weighted by Gasteiger charge is 2.27. The Morgan fingerprint density at radius 1 is 1.23 bits per heavy atom. The molecule has 1 nitrogen and oxygen atoms in total. The quantitative estimate of drug-likeness (QED) is 0.540. The summed E-state index contributed by atoms with van der Waals surface area (Å²) in [6.07, 6.45) is 3.67. The van der Waals surface area contributed by atoms with Crippen molar-refractivity contribution in [2.24, 2.45) is 0 Å². The monoisotopic (exact) mass is 200 g/mol. The van der Waals surface area contributed by atoms with Crippen molar-refractivity contribution in [3.63, 3.8) is 0 Å². The fourth-order valence-corrected chi connectivity index (χ4v) is 4.31. The highest BCUT2D eigenvalue weighted by Crippen LogP contribution is 2.21. The molecule has 0 rings (SSSR count). The molecule has 13 heavy (non-hydrogen) atoms. The third-order valence-electron chi connectivity index (χ3n) is 2.52. The summed E-state index contributed by atoms with van der Waals surface area (Å²) in [7, 11) is -1.52.